The van der Waals surface area contributed by atoms with Crippen LogP contribution in [0, 0.1) is 0 Å². The van der Waals surface area contributed by atoms with Gasteiger partial charge in [0.1, 0.15) is 0 Å². The van der Waals surface area contributed by atoms with Crippen molar-refractivity contribution in [3.63, 3.8) is 0 Å². The molecule has 0 saturated carbocycles. The molecular formula is C14H22N2O2. The van der Waals surface area contributed by atoms with Gasteiger partial charge in [-0.1, -0.05) is 0 Å². The first kappa shape index (κ1) is 13.0. The molecule has 1 aromatic rings. The molecule has 100 valence electrons. The van der Waals surface area contributed by atoms with E-state index in [9.17, 15) is 0 Å². The summed E-state index contributed by atoms with van der Waals surface area (Å²) < 4.78 is 10.9. The van der Waals surface area contributed by atoms with E-state index in [1.165, 1.54) is 6.42 Å². The van der Waals surface area contributed by atoms with Gasteiger partial charge in [0.2, 0.25) is 0 Å². The highest BCUT2D eigenvalue weighted by atomic mass is 16.5. The molecule has 1 aliphatic heterocycles. The summed E-state index contributed by atoms with van der Waals surface area (Å²) in [5, 5.41) is 3.54. The van der Waals surface area contributed by atoms with Gasteiger partial charge in [-0.3, -0.25) is 0 Å². The van der Waals surface area contributed by atoms with E-state index in [1.807, 2.05) is 25.1 Å². The fourth-order valence-electron chi connectivity index (χ4n) is 2.32. The highest BCUT2D eigenvalue weighted by Gasteiger charge is 2.19. The molecule has 4 heteroatoms. The van der Waals surface area contributed by atoms with Gasteiger partial charge in [0.15, 0.2) is 11.5 Å². The van der Waals surface area contributed by atoms with E-state index in [2.05, 4.69) is 17.3 Å². The molecule has 0 amide bonds. The van der Waals surface area contributed by atoms with Gasteiger partial charge in [0.25, 0.3) is 0 Å². The van der Waals surface area contributed by atoms with Gasteiger partial charge < -0.3 is 19.7 Å². The van der Waals surface area contributed by atoms with Crippen LogP contribution in [0.15, 0.2) is 18.2 Å². The van der Waals surface area contributed by atoms with E-state index in [4.69, 9.17) is 9.47 Å². The number of likely N-dealkylation sites (tertiary alicyclic amines) is 1. The second-order valence-corrected chi connectivity index (χ2v) is 4.69. The van der Waals surface area contributed by atoms with Crippen molar-refractivity contribution in [1.29, 1.82) is 0 Å². The van der Waals surface area contributed by atoms with E-state index in [0.29, 0.717) is 12.6 Å². The highest BCUT2D eigenvalue weighted by molar-refractivity contribution is 5.55. The van der Waals surface area contributed by atoms with Gasteiger partial charge in [-0.15, -0.1) is 0 Å². The van der Waals surface area contributed by atoms with E-state index in [0.717, 1.165) is 30.3 Å². The first-order valence-corrected chi connectivity index (χ1v) is 6.49. The summed E-state index contributed by atoms with van der Waals surface area (Å²) in [5.41, 5.74) is 1.10. The summed E-state index contributed by atoms with van der Waals surface area (Å²) in [6.07, 6.45) is 1.19. The van der Waals surface area contributed by atoms with Crippen LogP contribution in [0.4, 0.5) is 5.69 Å². The Bertz CT molecular complexity index is 395. The van der Waals surface area contributed by atoms with Crippen molar-refractivity contribution in [3.05, 3.63) is 18.2 Å². The summed E-state index contributed by atoms with van der Waals surface area (Å²) in [5.74, 6) is 1.59. The summed E-state index contributed by atoms with van der Waals surface area (Å²) in [6.45, 7) is 4.87. The third-order valence-corrected chi connectivity index (χ3v) is 3.23. The SMILES string of the molecule is CCOc1cc(NC2CCN(C)C2)ccc1OC. The number of nitrogens with one attached hydrogen (secondary N) is 1. The standard InChI is InChI=1S/C14H22N2O2/c1-4-18-14-9-11(5-6-13(14)17-3)15-12-7-8-16(2)10-12/h5-6,9,12,15H,4,7-8,10H2,1-3H3. The van der Waals surface area contributed by atoms with Crippen LogP contribution in [0.1, 0.15) is 13.3 Å². The molecule has 0 spiro atoms. The minimum Gasteiger partial charge on any atom is -0.493 e. The Morgan fingerprint density at radius 3 is 2.83 bits per heavy atom. The second kappa shape index (κ2) is 5.96. The zero-order valence-corrected chi connectivity index (χ0v) is 11.4. The van der Waals surface area contributed by atoms with E-state index in [1.54, 1.807) is 7.11 Å². The molecule has 1 aromatic carbocycles. The lowest BCUT2D eigenvalue weighted by atomic mass is 10.2. The number of anilines is 1. The van der Waals surface area contributed by atoms with Crippen molar-refractivity contribution in [2.24, 2.45) is 0 Å². The number of ether oxygens (including phenoxy) is 2. The van der Waals surface area contributed by atoms with Crippen molar-refractivity contribution < 1.29 is 9.47 Å². The molecule has 1 unspecified atom stereocenters. The predicted octanol–water partition coefficient (Wildman–Crippen LogP) is 2.21. The van der Waals surface area contributed by atoms with E-state index >= 15 is 0 Å². The van der Waals surface area contributed by atoms with Crippen molar-refractivity contribution in [1.82, 2.24) is 4.90 Å². The molecule has 1 fully saturated rings. The van der Waals surface area contributed by atoms with E-state index < -0.39 is 0 Å². The quantitative estimate of drug-likeness (QED) is 0.868. The summed E-state index contributed by atoms with van der Waals surface area (Å²) in [7, 11) is 3.82. The van der Waals surface area contributed by atoms with Gasteiger partial charge in [-0.2, -0.15) is 0 Å². The number of benzene rings is 1. The van der Waals surface area contributed by atoms with Crippen molar-refractivity contribution in [2.45, 2.75) is 19.4 Å². The third-order valence-electron chi connectivity index (χ3n) is 3.23. The Kier molecular flexibility index (Phi) is 4.31. The van der Waals surface area contributed by atoms with Gasteiger partial charge in [-0.25, -0.2) is 0 Å². The largest absolute Gasteiger partial charge is 0.493 e. The molecule has 0 bridgehead atoms. The monoisotopic (exact) mass is 250 g/mol. The fraction of sp³-hybridized carbons (Fsp3) is 0.571. The van der Waals surface area contributed by atoms with Gasteiger partial charge in [-0.05, 0) is 39.1 Å². The first-order valence-electron chi connectivity index (χ1n) is 6.49. The van der Waals surface area contributed by atoms with Crippen molar-refractivity contribution in [2.75, 3.05) is 39.2 Å². The number of methoxy groups -OCH3 is 1. The Balaban J connectivity index is 2.06. The molecular weight excluding hydrogens is 228 g/mol. The lowest BCUT2D eigenvalue weighted by Gasteiger charge is -2.16. The van der Waals surface area contributed by atoms with Gasteiger partial charge >= 0.3 is 0 Å². The summed E-state index contributed by atoms with van der Waals surface area (Å²) in [4.78, 5) is 2.34. The minimum atomic E-state index is 0.526. The average Bonchev–Trinajstić information content (AvgIpc) is 2.76. The van der Waals surface area contributed by atoms with Crippen LogP contribution in [-0.2, 0) is 0 Å². The lowest BCUT2D eigenvalue weighted by Crippen LogP contribution is -2.23. The maximum Gasteiger partial charge on any atom is 0.163 e. The summed E-state index contributed by atoms with van der Waals surface area (Å²) >= 11 is 0. The zero-order chi connectivity index (χ0) is 13.0. The van der Waals surface area contributed by atoms with Crippen molar-refractivity contribution >= 4 is 5.69 Å². The Morgan fingerprint density at radius 2 is 2.22 bits per heavy atom. The smallest absolute Gasteiger partial charge is 0.163 e. The number of hydrogen-bond donors (Lipinski definition) is 1. The molecule has 1 saturated heterocycles. The molecule has 2 rings (SSSR count). The number of hydrogen-bond acceptors (Lipinski definition) is 4. The Labute approximate surface area is 109 Å². The number of rotatable bonds is 5. The lowest BCUT2D eigenvalue weighted by molar-refractivity contribution is 0.311. The molecule has 18 heavy (non-hydrogen) atoms. The van der Waals surface area contributed by atoms with Crippen LogP contribution in [0.25, 0.3) is 0 Å². The van der Waals surface area contributed by atoms with Crippen molar-refractivity contribution in [3.8, 4) is 11.5 Å². The fourth-order valence-corrected chi connectivity index (χ4v) is 2.32. The maximum absolute atomic E-state index is 5.58. The van der Waals surface area contributed by atoms with Crippen LogP contribution >= 0.6 is 0 Å². The second-order valence-electron chi connectivity index (χ2n) is 4.69. The predicted molar refractivity (Wildman–Crippen MR) is 73.7 cm³/mol. The molecule has 1 atom stereocenters. The van der Waals surface area contributed by atoms with Gasteiger partial charge in [0, 0.05) is 24.3 Å². The zero-order valence-electron chi connectivity index (χ0n) is 11.4. The van der Waals surface area contributed by atoms with E-state index in [-0.39, 0.29) is 0 Å². The Hall–Kier alpha value is -1.42. The molecule has 4 nitrogen and oxygen atoms in total. The molecule has 0 aliphatic carbocycles. The van der Waals surface area contributed by atoms with Crippen LogP contribution in [-0.4, -0.2) is 44.8 Å². The molecule has 1 aliphatic rings. The number of likely N-dealkylation sites (N-methyl/N-ethyl adjacent to an activating group) is 1. The average molecular weight is 250 g/mol. The molecule has 1 N–H and O–H groups in total. The first-order chi connectivity index (χ1) is 8.72. The topological polar surface area (TPSA) is 33.7 Å². The summed E-state index contributed by atoms with van der Waals surface area (Å²) in [6, 6.07) is 6.53. The van der Waals surface area contributed by atoms with Gasteiger partial charge in [0.05, 0.1) is 13.7 Å². The third kappa shape index (κ3) is 3.07. The molecule has 0 aromatic heterocycles. The Morgan fingerprint density at radius 1 is 1.39 bits per heavy atom. The van der Waals surface area contributed by atoms with Crippen LogP contribution in [0.2, 0.25) is 0 Å². The van der Waals surface area contributed by atoms with Crippen LogP contribution in [0.5, 0.6) is 11.5 Å². The number of nitrogens with zero attached hydrogens (tertiary/aromatic N) is 1. The van der Waals surface area contributed by atoms with Crippen LogP contribution < -0.4 is 14.8 Å². The maximum atomic E-state index is 5.58. The highest BCUT2D eigenvalue weighted by Crippen LogP contribution is 2.30. The molecule has 1 heterocycles. The molecule has 0 radical (unpaired) electrons. The normalized spacial score (nSPS) is 19.8. The minimum absolute atomic E-state index is 0.526. The van der Waals surface area contributed by atoms with Crippen LogP contribution in [0.3, 0.4) is 0 Å².